The number of pyridine rings is 1. The molecule has 0 saturated carbocycles. The minimum absolute atomic E-state index is 0.195. The maximum Gasteiger partial charge on any atom is 0.222 e. The first-order chi connectivity index (χ1) is 12.1. The molecule has 4 N–H and O–H groups in total. The van der Waals surface area contributed by atoms with Gasteiger partial charge in [0.25, 0.3) is 0 Å². The summed E-state index contributed by atoms with van der Waals surface area (Å²) in [6.07, 6.45) is 2.48. The predicted molar refractivity (Wildman–Crippen MR) is 96.5 cm³/mol. The van der Waals surface area contributed by atoms with Crippen LogP contribution in [0.1, 0.15) is 5.56 Å². The van der Waals surface area contributed by atoms with Gasteiger partial charge in [-0.3, -0.25) is 0 Å². The number of benzene rings is 1. The van der Waals surface area contributed by atoms with Gasteiger partial charge >= 0.3 is 0 Å². The monoisotopic (exact) mass is 337 g/mol. The number of nitrogens with zero attached hydrogens (tertiary/aromatic N) is 3. The van der Waals surface area contributed by atoms with Crippen molar-refractivity contribution in [3.05, 3.63) is 54.2 Å². The molecule has 0 atom stereocenters. The van der Waals surface area contributed by atoms with E-state index < -0.39 is 0 Å². The second-order valence-corrected chi connectivity index (χ2v) is 5.43. The van der Waals surface area contributed by atoms with Crippen LogP contribution < -0.4 is 15.8 Å². The molecule has 7 nitrogen and oxygen atoms in total. The summed E-state index contributed by atoms with van der Waals surface area (Å²) < 4.78 is 5.06. The minimum Gasteiger partial charge on any atom is -0.508 e. The molecular weight excluding hydrogens is 318 g/mol. The first kappa shape index (κ1) is 16.5. The summed E-state index contributed by atoms with van der Waals surface area (Å²) in [5, 5.41) is 12.5. The Labute approximate surface area is 145 Å². The van der Waals surface area contributed by atoms with E-state index in [2.05, 4.69) is 20.3 Å². The Morgan fingerprint density at radius 3 is 2.60 bits per heavy atom. The smallest absolute Gasteiger partial charge is 0.222 e. The van der Waals surface area contributed by atoms with E-state index >= 15 is 0 Å². The fourth-order valence-corrected chi connectivity index (χ4v) is 2.35. The number of phenolic OH excluding ortho intramolecular Hbond substituents is 1. The highest BCUT2D eigenvalue weighted by atomic mass is 16.5. The molecule has 0 aliphatic carbocycles. The summed E-state index contributed by atoms with van der Waals surface area (Å²) in [7, 11) is 1.57. The first-order valence-electron chi connectivity index (χ1n) is 7.81. The molecule has 0 saturated heterocycles. The summed E-state index contributed by atoms with van der Waals surface area (Å²) in [6, 6.07) is 12.6. The minimum atomic E-state index is 0.195. The number of aromatic nitrogens is 3. The van der Waals surface area contributed by atoms with Crippen LogP contribution >= 0.6 is 0 Å². The van der Waals surface area contributed by atoms with E-state index in [9.17, 15) is 5.11 Å². The zero-order valence-electron chi connectivity index (χ0n) is 13.8. The Morgan fingerprint density at radius 1 is 1.12 bits per heavy atom. The highest BCUT2D eigenvalue weighted by Gasteiger charge is 2.06. The van der Waals surface area contributed by atoms with Crippen LogP contribution in [0.2, 0.25) is 0 Å². The van der Waals surface area contributed by atoms with Crippen LogP contribution in [0.4, 0.5) is 11.8 Å². The summed E-state index contributed by atoms with van der Waals surface area (Å²) in [6.45, 7) is 0.682. The van der Waals surface area contributed by atoms with Gasteiger partial charge in [0.1, 0.15) is 11.6 Å². The molecule has 0 aliphatic rings. The van der Waals surface area contributed by atoms with E-state index in [-0.39, 0.29) is 11.7 Å². The highest BCUT2D eigenvalue weighted by Crippen LogP contribution is 2.21. The van der Waals surface area contributed by atoms with Gasteiger partial charge in [-0.15, -0.1) is 0 Å². The molecule has 0 bridgehead atoms. The lowest BCUT2D eigenvalue weighted by atomic mass is 10.1. The number of anilines is 2. The molecule has 0 radical (unpaired) electrons. The highest BCUT2D eigenvalue weighted by molar-refractivity contribution is 5.63. The van der Waals surface area contributed by atoms with Gasteiger partial charge in [0.15, 0.2) is 0 Å². The third-order valence-corrected chi connectivity index (χ3v) is 3.64. The van der Waals surface area contributed by atoms with Crippen LogP contribution in [0.3, 0.4) is 0 Å². The number of methoxy groups -OCH3 is 1. The second-order valence-electron chi connectivity index (χ2n) is 5.43. The van der Waals surface area contributed by atoms with Crippen LogP contribution in [-0.2, 0) is 6.42 Å². The normalized spacial score (nSPS) is 10.4. The molecule has 0 unspecified atom stereocenters. The number of hydrogen-bond donors (Lipinski definition) is 3. The Bertz CT molecular complexity index is 835. The zero-order chi connectivity index (χ0) is 17.6. The number of phenols is 1. The molecule has 3 aromatic rings. The van der Waals surface area contributed by atoms with E-state index in [0.717, 1.165) is 17.5 Å². The first-order valence-corrected chi connectivity index (χ1v) is 7.81. The Kier molecular flexibility index (Phi) is 4.94. The topological polar surface area (TPSA) is 106 Å². The molecule has 3 rings (SSSR count). The van der Waals surface area contributed by atoms with Gasteiger partial charge in [0.05, 0.1) is 12.8 Å². The molecule has 0 amide bonds. The van der Waals surface area contributed by atoms with Gasteiger partial charge in [0, 0.05) is 30.4 Å². The van der Waals surface area contributed by atoms with Crippen molar-refractivity contribution < 1.29 is 9.84 Å². The van der Waals surface area contributed by atoms with Gasteiger partial charge in [0.2, 0.25) is 11.8 Å². The number of nitrogens with two attached hydrogens (primary N) is 1. The maximum absolute atomic E-state index is 9.30. The van der Waals surface area contributed by atoms with Crippen molar-refractivity contribution in [2.75, 3.05) is 24.7 Å². The lowest BCUT2D eigenvalue weighted by Gasteiger charge is -2.09. The summed E-state index contributed by atoms with van der Waals surface area (Å²) in [4.78, 5) is 12.6. The number of nitrogen functional groups attached to an aromatic ring is 1. The molecule has 0 aliphatic heterocycles. The van der Waals surface area contributed by atoms with E-state index in [4.69, 9.17) is 10.5 Å². The van der Waals surface area contributed by atoms with Crippen molar-refractivity contribution >= 4 is 11.8 Å². The van der Waals surface area contributed by atoms with Crippen LogP contribution in [0, 0.1) is 0 Å². The molecule has 0 spiro atoms. The van der Waals surface area contributed by atoms with Crippen molar-refractivity contribution in [3.63, 3.8) is 0 Å². The largest absolute Gasteiger partial charge is 0.508 e. The quantitative estimate of drug-likeness (QED) is 0.634. The van der Waals surface area contributed by atoms with Crippen LogP contribution in [0.15, 0.2) is 48.7 Å². The molecule has 1 aromatic carbocycles. The fourth-order valence-electron chi connectivity index (χ4n) is 2.35. The van der Waals surface area contributed by atoms with Crippen LogP contribution in [0.25, 0.3) is 11.3 Å². The van der Waals surface area contributed by atoms with Crippen molar-refractivity contribution in [2.24, 2.45) is 0 Å². The van der Waals surface area contributed by atoms with Gasteiger partial charge < -0.3 is 20.9 Å². The molecule has 25 heavy (non-hydrogen) atoms. The van der Waals surface area contributed by atoms with E-state index in [0.29, 0.717) is 23.9 Å². The second kappa shape index (κ2) is 7.48. The van der Waals surface area contributed by atoms with E-state index in [1.807, 2.05) is 24.3 Å². The van der Waals surface area contributed by atoms with Gasteiger partial charge in [-0.2, -0.15) is 4.98 Å². The van der Waals surface area contributed by atoms with Crippen molar-refractivity contribution in [1.29, 1.82) is 0 Å². The average molecular weight is 337 g/mol. The number of rotatable bonds is 6. The fraction of sp³-hybridized carbons (Fsp3) is 0.167. The van der Waals surface area contributed by atoms with Crippen molar-refractivity contribution in [3.8, 4) is 22.9 Å². The number of aromatic hydroxyl groups is 1. The third kappa shape index (κ3) is 4.35. The summed E-state index contributed by atoms with van der Waals surface area (Å²) in [5.41, 5.74) is 8.45. The van der Waals surface area contributed by atoms with Gasteiger partial charge in [-0.1, -0.05) is 12.1 Å². The molecule has 128 valence electrons. The molecule has 2 aromatic heterocycles. The third-order valence-electron chi connectivity index (χ3n) is 3.64. The van der Waals surface area contributed by atoms with Crippen molar-refractivity contribution in [2.45, 2.75) is 6.42 Å². The summed E-state index contributed by atoms with van der Waals surface area (Å²) in [5.74, 6) is 1.65. The Balaban J connectivity index is 1.69. The predicted octanol–water partition coefficient (Wildman–Crippen LogP) is 2.49. The number of ether oxygens (including phenoxy) is 1. The lowest BCUT2D eigenvalue weighted by molar-refractivity contribution is 0.398. The average Bonchev–Trinajstić information content (AvgIpc) is 2.63. The van der Waals surface area contributed by atoms with E-state index in [1.54, 1.807) is 31.5 Å². The molecular formula is C18H19N5O2. The van der Waals surface area contributed by atoms with Gasteiger partial charge in [-0.05, 0) is 30.2 Å². The van der Waals surface area contributed by atoms with Gasteiger partial charge in [-0.25, -0.2) is 9.97 Å². The van der Waals surface area contributed by atoms with Crippen LogP contribution in [-0.4, -0.2) is 33.7 Å². The van der Waals surface area contributed by atoms with E-state index in [1.165, 1.54) is 0 Å². The standard InChI is InChI=1S/C18H19N5O2/c1-25-17-7-4-13(11-21-17)15-10-16(23-18(19)22-15)20-9-8-12-2-5-14(24)6-3-12/h2-7,10-11,24H,8-9H2,1H3,(H3,19,20,22,23). The number of nitrogens with one attached hydrogen (secondary N) is 1. The Hall–Kier alpha value is -3.35. The molecule has 0 fully saturated rings. The lowest BCUT2D eigenvalue weighted by Crippen LogP contribution is -2.08. The summed E-state index contributed by atoms with van der Waals surface area (Å²) >= 11 is 0. The Morgan fingerprint density at radius 2 is 1.92 bits per heavy atom. The molecule has 7 heteroatoms. The van der Waals surface area contributed by atoms with Crippen molar-refractivity contribution in [1.82, 2.24) is 15.0 Å². The maximum atomic E-state index is 9.30. The molecule has 2 heterocycles. The SMILES string of the molecule is COc1ccc(-c2cc(NCCc3ccc(O)cc3)nc(N)n2)cn1. The zero-order valence-corrected chi connectivity index (χ0v) is 13.8. The van der Waals surface area contributed by atoms with Crippen LogP contribution in [0.5, 0.6) is 11.6 Å². The number of hydrogen-bond acceptors (Lipinski definition) is 7.